The molecule has 0 bridgehead atoms. The average molecular weight is 259 g/mol. The number of halogens is 3. The van der Waals surface area contributed by atoms with Gasteiger partial charge in [0.1, 0.15) is 11.9 Å². The molecule has 0 radical (unpaired) electrons. The second kappa shape index (κ2) is 4.47. The molecule has 1 N–H and O–H groups in total. The van der Waals surface area contributed by atoms with E-state index < -0.39 is 17.7 Å². The van der Waals surface area contributed by atoms with Gasteiger partial charge in [0.15, 0.2) is 11.6 Å². The molecule has 0 amide bonds. The summed E-state index contributed by atoms with van der Waals surface area (Å²) in [6.07, 6.45) is 0.262. The van der Waals surface area contributed by atoms with Crippen molar-refractivity contribution in [2.75, 3.05) is 0 Å². The number of aliphatic hydroxyl groups is 1. The van der Waals surface area contributed by atoms with E-state index in [0.717, 1.165) is 12.1 Å². The maximum absolute atomic E-state index is 13.1. The predicted octanol–water partition coefficient (Wildman–Crippen LogP) is 3.60. The van der Waals surface area contributed by atoms with Gasteiger partial charge in [-0.05, 0) is 25.1 Å². The van der Waals surface area contributed by atoms with Crippen molar-refractivity contribution in [1.29, 1.82) is 0 Å². The largest absolute Gasteiger partial charge is 0.469 e. The Morgan fingerprint density at radius 1 is 1.24 bits per heavy atom. The summed E-state index contributed by atoms with van der Waals surface area (Å²) in [5.74, 6) is -1.60. The van der Waals surface area contributed by atoms with E-state index in [0.29, 0.717) is 11.3 Å². The number of rotatable bonds is 2. The predicted molar refractivity (Wildman–Crippen MR) is 58.9 cm³/mol. The molecule has 0 aliphatic carbocycles. The normalized spacial score (nSPS) is 12.8. The van der Waals surface area contributed by atoms with Crippen LogP contribution in [0.5, 0.6) is 0 Å². The van der Waals surface area contributed by atoms with Crippen LogP contribution in [0.1, 0.15) is 23.0 Å². The van der Waals surface area contributed by atoms with Gasteiger partial charge in [0.2, 0.25) is 0 Å². The fourth-order valence-electron chi connectivity index (χ4n) is 1.59. The second-order valence-corrected chi connectivity index (χ2v) is 4.03. The molecular weight excluding hydrogens is 250 g/mol. The molecule has 1 heterocycles. The Morgan fingerprint density at radius 3 is 2.47 bits per heavy atom. The fraction of sp³-hybridized carbons (Fsp3) is 0.167. The first kappa shape index (κ1) is 12.1. The molecule has 1 unspecified atom stereocenters. The summed E-state index contributed by atoms with van der Waals surface area (Å²) < 4.78 is 31.0. The topological polar surface area (TPSA) is 33.4 Å². The van der Waals surface area contributed by atoms with Crippen LogP contribution in [-0.4, -0.2) is 5.11 Å². The molecule has 0 aliphatic rings. The molecule has 2 rings (SSSR count). The van der Waals surface area contributed by atoms with Crippen molar-refractivity contribution >= 4 is 11.6 Å². The van der Waals surface area contributed by atoms with E-state index >= 15 is 0 Å². The highest BCUT2D eigenvalue weighted by Gasteiger charge is 2.20. The summed E-state index contributed by atoms with van der Waals surface area (Å²) in [4.78, 5) is 0. The number of hydrogen-bond donors (Lipinski definition) is 1. The van der Waals surface area contributed by atoms with E-state index in [2.05, 4.69) is 0 Å². The highest BCUT2D eigenvalue weighted by Crippen LogP contribution is 2.31. The van der Waals surface area contributed by atoms with E-state index in [1.807, 2.05) is 0 Å². The minimum absolute atomic E-state index is 0.0306. The standard InChI is InChI=1S/C12H9ClF2O2/c1-6-7(2-3-17-6)12(16)8-4-10(14)11(15)5-9(8)13/h2-5,12,16H,1H3. The molecule has 90 valence electrons. The van der Waals surface area contributed by atoms with Gasteiger partial charge in [-0.3, -0.25) is 0 Å². The number of aryl methyl sites for hydroxylation is 1. The Morgan fingerprint density at radius 2 is 1.88 bits per heavy atom. The lowest BCUT2D eigenvalue weighted by Crippen LogP contribution is -2.02. The summed E-state index contributed by atoms with van der Waals surface area (Å²) in [7, 11) is 0. The first-order chi connectivity index (χ1) is 8.00. The Hall–Kier alpha value is -1.39. The maximum Gasteiger partial charge on any atom is 0.160 e. The first-order valence-corrected chi connectivity index (χ1v) is 5.25. The van der Waals surface area contributed by atoms with Crippen LogP contribution in [0.25, 0.3) is 0 Å². The van der Waals surface area contributed by atoms with Gasteiger partial charge in [-0.15, -0.1) is 0 Å². The van der Waals surface area contributed by atoms with E-state index in [1.165, 1.54) is 6.26 Å². The van der Waals surface area contributed by atoms with Crippen molar-refractivity contribution in [3.05, 3.63) is 58.0 Å². The second-order valence-electron chi connectivity index (χ2n) is 3.62. The minimum atomic E-state index is -1.14. The zero-order valence-electron chi connectivity index (χ0n) is 8.88. The molecule has 0 fully saturated rings. The molecule has 2 nitrogen and oxygen atoms in total. The lowest BCUT2D eigenvalue weighted by molar-refractivity contribution is 0.217. The SMILES string of the molecule is Cc1occc1C(O)c1cc(F)c(F)cc1Cl. The van der Waals surface area contributed by atoms with Crippen LogP contribution in [0, 0.1) is 18.6 Å². The molecule has 0 aliphatic heterocycles. The summed E-state index contributed by atoms with van der Waals surface area (Å²) >= 11 is 5.77. The molecular formula is C12H9ClF2O2. The smallest absolute Gasteiger partial charge is 0.160 e. The lowest BCUT2D eigenvalue weighted by atomic mass is 10.0. The summed E-state index contributed by atoms with van der Waals surface area (Å²) in [6.45, 7) is 1.66. The van der Waals surface area contributed by atoms with Gasteiger partial charge in [-0.2, -0.15) is 0 Å². The maximum atomic E-state index is 13.1. The Labute approximate surface area is 101 Å². The van der Waals surface area contributed by atoms with Crippen molar-refractivity contribution < 1.29 is 18.3 Å². The molecule has 1 aromatic heterocycles. The van der Waals surface area contributed by atoms with Gasteiger partial charge in [0.05, 0.1) is 6.26 Å². The Bertz CT molecular complexity index is 551. The number of benzene rings is 1. The monoisotopic (exact) mass is 258 g/mol. The van der Waals surface area contributed by atoms with Crippen LogP contribution in [0.15, 0.2) is 28.9 Å². The first-order valence-electron chi connectivity index (χ1n) is 4.87. The van der Waals surface area contributed by atoms with Crippen LogP contribution in [-0.2, 0) is 0 Å². The van der Waals surface area contributed by atoms with Crippen molar-refractivity contribution in [1.82, 2.24) is 0 Å². The average Bonchev–Trinajstić information content (AvgIpc) is 2.69. The fourth-order valence-corrected chi connectivity index (χ4v) is 1.85. The van der Waals surface area contributed by atoms with Crippen molar-refractivity contribution in [3.8, 4) is 0 Å². The molecule has 1 aromatic carbocycles. The van der Waals surface area contributed by atoms with E-state index in [4.69, 9.17) is 16.0 Å². The zero-order chi connectivity index (χ0) is 12.6. The summed E-state index contributed by atoms with van der Waals surface area (Å²) in [5, 5.41) is 9.99. The molecule has 2 aromatic rings. The third-order valence-electron chi connectivity index (χ3n) is 2.53. The van der Waals surface area contributed by atoms with Crippen molar-refractivity contribution in [3.63, 3.8) is 0 Å². The van der Waals surface area contributed by atoms with Crippen molar-refractivity contribution in [2.24, 2.45) is 0 Å². The van der Waals surface area contributed by atoms with Gasteiger partial charge in [0, 0.05) is 16.1 Å². The molecule has 17 heavy (non-hydrogen) atoms. The van der Waals surface area contributed by atoms with Gasteiger partial charge in [-0.25, -0.2) is 8.78 Å². The van der Waals surface area contributed by atoms with Gasteiger partial charge in [-0.1, -0.05) is 11.6 Å². The minimum Gasteiger partial charge on any atom is -0.469 e. The van der Waals surface area contributed by atoms with Gasteiger partial charge in [0.25, 0.3) is 0 Å². The van der Waals surface area contributed by atoms with E-state index in [9.17, 15) is 13.9 Å². The molecule has 0 saturated heterocycles. The van der Waals surface area contributed by atoms with Crippen LogP contribution < -0.4 is 0 Å². The molecule has 0 spiro atoms. The van der Waals surface area contributed by atoms with E-state index in [1.54, 1.807) is 13.0 Å². The number of furan rings is 1. The van der Waals surface area contributed by atoms with Crippen LogP contribution in [0.4, 0.5) is 8.78 Å². The summed E-state index contributed by atoms with van der Waals surface area (Å²) in [6, 6.07) is 3.28. The Balaban J connectivity index is 2.48. The van der Waals surface area contributed by atoms with E-state index in [-0.39, 0.29) is 10.6 Å². The zero-order valence-corrected chi connectivity index (χ0v) is 9.63. The number of aliphatic hydroxyl groups excluding tert-OH is 1. The third-order valence-corrected chi connectivity index (χ3v) is 2.86. The highest BCUT2D eigenvalue weighted by molar-refractivity contribution is 6.31. The molecule has 5 heteroatoms. The lowest BCUT2D eigenvalue weighted by Gasteiger charge is -2.12. The third kappa shape index (κ3) is 2.18. The number of hydrogen-bond acceptors (Lipinski definition) is 2. The van der Waals surface area contributed by atoms with Crippen molar-refractivity contribution in [2.45, 2.75) is 13.0 Å². The van der Waals surface area contributed by atoms with Crippen LogP contribution in [0.2, 0.25) is 5.02 Å². The van der Waals surface area contributed by atoms with Crippen LogP contribution >= 0.6 is 11.6 Å². The molecule has 0 saturated carbocycles. The highest BCUT2D eigenvalue weighted by atomic mass is 35.5. The quantitative estimate of drug-likeness (QED) is 0.835. The van der Waals surface area contributed by atoms with Gasteiger partial charge >= 0.3 is 0 Å². The van der Waals surface area contributed by atoms with Crippen LogP contribution in [0.3, 0.4) is 0 Å². The molecule has 1 atom stereocenters. The Kier molecular flexibility index (Phi) is 3.17. The summed E-state index contributed by atoms with van der Waals surface area (Å²) in [5.41, 5.74) is 0.577. The van der Waals surface area contributed by atoms with Gasteiger partial charge < -0.3 is 9.52 Å².